The Labute approximate surface area is 80.4 Å². The van der Waals surface area contributed by atoms with Crippen LogP contribution in [0.4, 0.5) is 0 Å². The molecule has 0 nitrogen and oxygen atoms in total. The average molecular weight is 190 g/mol. The van der Waals surface area contributed by atoms with Crippen LogP contribution in [0.25, 0.3) is 0 Å². The fourth-order valence-corrected chi connectivity index (χ4v) is 2.27. The van der Waals surface area contributed by atoms with Gasteiger partial charge in [0.15, 0.2) is 0 Å². The van der Waals surface area contributed by atoms with Gasteiger partial charge in [-0.25, -0.2) is 10.0 Å². The van der Waals surface area contributed by atoms with E-state index in [1.54, 1.807) is 0 Å². The van der Waals surface area contributed by atoms with Crippen LogP contribution in [0.2, 0.25) is 0 Å². The lowest BCUT2D eigenvalue weighted by molar-refractivity contribution is 0.340. The Kier molecular flexibility index (Phi) is 4.68. The molecule has 0 aliphatic carbocycles. The average Bonchev–Trinajstić information content (AvgIpc) is 2.02. The lowest BCUT2D eigenvalue weighted by Crippen LogP contribution is -2.15. The van der Waals surface area contributed by atoms with Crippen LogP contribution in [0.15, 0.2) is 0 Å². The molecule has 0 unspecified atom stereocenters. The topological polar surface area (TPSA) is 0 Å². The van der Waals surface area contributed by atoms with Crippen molar-refractivity contribution < 1.29 is 0 Å². The van der Waals surface area contributed by atoms with Crippen LogP contribution < -0.4 is 0 Å². The summed E-state index contributed by atoms with van der Waals surface area (Å²) in [6.45, 7) is 9.40. The van der Waals surface area contributed by atoms with E-state index in [0.29, 0.717) is 5.41 Å². The second kappa shape index (κ2) is 4.55. The van der Waals surface area contributed by atoms with Gasteiger partial charge in [0.1, 0.15) is 0 Å². The molecule has 0 aliphatic heterocycles. The first kappa shape index (κ1) is 12.3. The summed E-state index contributed by atoms with van der Waals surface area (Å²) in [5, 5.41) is 0. The Balaban J connectivity index is 3.82. The third-order valence-electron chi connectivity index (χ3n) is 3.07. The number of hydrogen-bond donors (Lipinski definition) is 0. The van der Waals surface area contributed by atoms with E-state index in [1.807, 2.05) is 0 Å². The molecule has 12 heavy (non-hydrogen) atoms. The lowest BCUT2D eigenvalue weighted by Gasteiger charge is -2.34. The zero-order valence-electron chi connectivity index (χ0n) is 9.74. The van der Waals surface area contributed by atoms with Crippen molar-refractivity contribution in [3.8, 4) is 0 Å². The zero-order valence-corrected chi connectivity index (χ0v) is 10.6. The van der Waals surface area contributed by atoms with Gasteiger partial charge in [0, 0.05) is 0 Å². The van der Waals surface area contributed by atoms with Crippen LogP contribution in [0.5, 0.6) is 0 Å². The van der Waals surface area contributed by atoms with E-state index < -0.39 is 0 Å². The monoisotopic (exact) mass is 190 g/mol. The summed E-state index contributed by atoms with van der Waals surface area (Å²) in [4.78, 5) is 0. The Hall–Kier alpha value is 0.350. The molecule has 0 fully saturated rings. The zero-order chi connectivity index (χ0) is 9.83. The van der Waals surface area contributed by atoms with Gasteiger partial charge in [0.05, 0.1) is 0 Å². The molecule has 0 spiro atoms. The summed E-state index contributed by atoms with van der Waals surface area (Å²) >= 11 is 0. The Bertz CT molecular complexity index is 109. The summed E-state index contributed by atoms with van der Waals surface area (Å²) in [5.41, 5.74) is 0.569. The Morgan fingerprint density at radius 3 is 1.92 bits per heavy atom. The lowest BCUT2D eigenvalue weighted by atomic mass is 9.87. The third-order valence-corrected chi connectivity index (χ3v) is 5.94. The molecule has 0 bridgehead atoms. The largest absolute Gasteiger partial charge is 0.247 e. The van der Waals surface area contributed by atoms with Gasteiger partial charge in [-0.05, 0) is 35.9 Å². The maximum Gasteiger partial charge on any atom is -0.0228 e. The molecular weight excluding hydrogens is 164 g/mol. The van der Waals surface area contributed by atoms with Gasteiger partial charge in [-0.2, -0.15) is 0 Å². The summed E-state index contributed by atoms with van der Waals surface area (Å²) in [6.07, 6.45) is 7.63. The van der Waals surface area contributed by atoms with E-state index in [9.17, 15) is 0 Å². The van der Waals surface area contributed by atoms with Gasteiger partial charge in [0.25, 0.3) is 0 Å². The van der Waals surface area contributed by atoms with Crippen molar-refractivity contribution in [2.75, 3.05) is 24.0 Å². The molecule has 76 valence electrons. The smallest absolute Gasteiger partial charge is 0.0228 e. The molecular formula is C11H26S. The molecule has 0 amide bonds. The fraction of sp³-hybridized carbons (Fsp3) is 1.00. The maximum atomic E-state index is 2.46. The summed E-state index contributed by atoms with van der Waals surface area (Å²) in [6, 6.07) is 0. The number of rotatable bonds is 5. The van der Waals surface area contributed by atoms with Gasteiger partial charge in [-0.15, -0.1) is 0 Å². The first-order valence-corrected chi connectivity index (χ1v) is 7.80. The van der Waals surface area contributed by atoms with Crippen LogP contribution in [0.3, 0.4) is 0 Å². The second-order valence-corrected chi connectivity index (χ2v) is 9.55. The molecule has 0 aliphatic rings. The van der Waals surface area contributed by atoms with E-state index in [4.69, 9.17) is 0 Å². The van der Waals surface area contributed by atoms with Crippen molar-refractivity contribution in [2.45, 2.75) is 40.5 Å². The van der Waals surface area contributed by atoms with Crippen molar-refractivity contribution >= 4 is 10.0 Å². The Morgan fingerprint density at radius 2 is 1.58 bits per heavy atom. The van der Waals surface area contributed by atoms with Crippen molar-refractivity contribution in [1.29, 1.82) is 0 Å². The molecule has 0 aromatic rings. The SMILES string of the molecule is CCC(C)(C)CCS(C)(C)CC. The summed E-state index contributed by atoms with van der Waals surface area (Å²) in [7, 11) is -0.263. The van der Waals surface area contributed by atoms with Crippen molar-refractivity contribution in [2.24, 2.45) is 5.41 Å². The van der Waals surface area contributed by atoms with Gasteiger partial charge < -0.3 is 0 Å². The second-order valence-electron chi connectivity index (χ2n) is 5.03. The van der Waals surface area contributed by atoms with Crippen LogP contribution in [0.1, 0.15) is 40.5 Å². The predicted molar refractivity (Wildman–Crippen MR) is 63.5 cm³/mol. The minimum atomic E-state index is -0.263. The predicted octanol–water partition coefficient (Wildman–Crippen LogP) is 3.90. The maximum absolute atomic E-state index is 2.46. The van der Waals surface area contributed by atoms with Crippen LogP contribution in [-0.2, 0) is 0 Å². The third kappa shape index (κ3) is 5.08. The van der Waals surface area contributed by atoms with Gasteiger partial charge in [-0.1, -0.05) is 34.1 Å². The summed E-state index contributed by atoms with van der Waals surface area (Å²) < 4.78 is 0. The molecule has 0 rings (SSSR count). The highest BCUT2D eigenvalue weighted by molar-refractivity contribution is 8.32. The molecule has 0 saturated heterocycles. The van der Waals surface area contributed by atoms with E-state index in [0.717, 1.165) is 0 Å². The number of hydrogen-bond acceptors (Lipinski definition) is 0. The molecule has 0 aromatic carbocycles. The van der Waals surface area contributed by atoms with E-state index in [1.165, 1.54) is 24.3 Å². The molecule has 0 N–H and O–H groups in total. The summed E-state index contributed by atoms with van der Waals surface area (Å²) in [5.74, 6) is 2.83. The molecule has 0 aromatic heterocycles. The molecule has 1 heteroatoms. The fourth-order valence-electron chi connectivity index (χ4n) is 0.874. The van der Waals surface area contributed by atoms with E-state index in [2.05, 4.69) is 40.2 Å². The minimum absolute atomic E-state index is 0.263. The van der Waals surface area contributed by atoms with Crippen LogP contribution in [-0.4, -0.2) is 24.0 Å². The van der Waals surface area contributed by atoms with E-state index >= 15 is 0 Å². The first-order chi connectivity index (χ1) is 5.33. The quantitative estimate of drug-likeness (QED) is 0.617. The van der Waals surface area contributed by atoms with Crippen molar-refractivity contribution in [3.05, 3.63) is 0 Å². The normalized spacial score (nSPS) is 14.8. The standard InChI is InChI=1S/C11H26S/c1-7-11(3,4)9-10-12(5,6)8-2/h7-10H2,1-6H3. The first-order valence-electron chi connectivity index (χ1n) is 5.02. The molecule has 0 atom stereocenters. The van der Waals surface area contributed by atoms with Crippen LogP contribution >= 0.6 is 10.0 Å². The minimum Gasteiger partial charge on any atom is -0.247 e. The highest BCUT2D eigenvalue weighted by Crippen LogP contribution is 2.42. The highest BCUT2D eigenvalue weighted by atomic mass is 32.3. The molecule has 0 heterocycles. The molecule has 0 radical (unpaired) electrons. The highest BCUT2D eigenvalue weighted by Gasteiger charge is 2.18. The van der Waals surface area contributed by atoms with Gasteiger partial charge in [-0.3, -0.25) is 0 Å². The van der Waals surface area contributed by atoms with Crippen molar-refractivity contribution in [1.82, 2.24) is 0 Å². The molecule has 0 saturated carbocycles. The van der Waals surface area contributed by atoms with Gasteiger partial charge >= 0.3 is 0 Å². The van der Waals surface area contributed by atoms with Crippen molar-refractivity contribution in [3.63, 3.8) is 0 Å². The van der Waals surface area contributed by atoms with Crippen LogP contribution in [0, 0.1) is 5.41 Å². The van der Waals surface area contributed by atoms with Gasteiger partial charge in [0.2, 0.25) is 0 Å². The van der Waals surface area contributed by atoms with E-state index in [-0.39, 0.29) is 10.0 Å². The Morgan fingerprint density at radius 1 is 1.08 bits per heavy atom.